The molecule has 0 saturated carbocycles. The molecule has 4 heteroatoms. The van der Waals surface area contributed by atoms with Crippen molar-refractivity contribution >= 4 is 38.7 Å². The molecular formula is C17H12N2OS. The quantitative estimate of drug-likeness (QED) is 0.533. The van der Waals surface area contributed by atoms with Gasteiger partial charge in [0.1, 0.15) is 5.01 Å². The summed E-state index contributed by atoms with van der Waals surface area (Å²) in [6.07, 6.45) is 2.93. The fourth-order valence-corrected chi connectivity index (χ4v) is 3.62. The maximum Gasteiger partial charge on any atom is 0.152 e. The van der Waals surface area contributed by atoms with Crippen LogP contribution in [0.5, 0.6) is 0 Å². The van der Waals surface area contributed by atoms with Gasteiger partial charge in [0.15, 0.2) is 6.29 Å². The lowest BCUT2D eigenvalue weighted by Crippen LogP contribution is -1.99. The molecule has 2 aromatic heterocycles. The third-order valence-corrected chi connectivity index (χ3v) is 4.61. The highest BCUT2D eigenvalue weighted by Crippen LogP contribution is 2.25. The number of hydrogen-bond donors (Lipinski definition) is 0. The van der Waals surface area contributed by atoms with Gasteiger partial charge in [-0.05, 0) is 24.3 Å². The molecule has 2 aromatic carbocycles. The standard InChI is InChI=1S/C17H12N2OS/c20-11-13-5-3-4-12-8-9-19(17(12)13)10-16-18-14-6-1-2-7-15(14)21-16/h1-9,11H,10H2. The molecule has 0 atom stereocenters. The molecule has 0 N–H and O–H groups in total. The summed E-state index contributed by atoms with van der Waals surface area (Å²) in [4.78, 5) is 15.9. The molecule has 4 aromatic rings. The number of rotatable bonds is 3. The van der Waals surface area contributed by atoms with Crippen LogP contribution in [0, 0.1) is 0 Å². The van der Waals surface area contributed by atoms with Crippen molar-refractivity contribution in [2.45, 2.75) is 6.54 Å². The highest BCUT2D eigenvalue weighted by atomic mass is 32.1. The van der Waals surface area contributed by atoms with Crippen LogP contribution in [0.2, 0.25) is 0 Å². The molecule has 0 fully saturated rings. The van der Waals surface area contributed by atoms with Crippen molar-refractivity contribution in [2.75, 3.05) is 0 Å². The van der Waals surface area contributed by atoms with Gasteiger partial charge in [-0.15, -0.1) is 11.3 Å². The van der Waals surface area contributed by atoms with E-state index in [-0.39, 0.29) is 0 Å². The van der Waals surface area contributed by atoms with Gasteiger partial charge in [-0.25, -0.2) is 4.98 Å². The van der Waals surface area contributed by atoms with Crippen LogP contribution in [0.1, 0.15) is 15.4 Å². The van der Waals surface area contributed by atoms with Crippen molar-refractivity contribution in [3.63, 3.8) is 0 Å². The summed E-state index contributed by atoms with van der Waals surface area (Å²) in [7, 11) is 0. The minimum atomic E-state index is 0.688. The fourth-order valence-electron chi connectivity index (χ4n) is 2.65. The monoisotopic (exact) mass is 292 g/mol. The minimum Gasteiger partial charge on any atom is -0.340 e. The lowest BCUT2D eigenvalue weighted by Gasteiger charge is -2.04. The molecule has 0 radical (unpaired) electrons. The molecule has 102 valence electrons. The van der Waals surface area contributed by atoms with Crippen molar-refractivity contribution < 1.29 is 4.79 Å². The second-order valence-electron chi connectivity index (χ2n) is 4.92. The number of benzene rings is 2. The van der Waals surface area contributed by atoms with Crippen molar-refractivity contribution in [3.8, 4) is 0 Å². The fraction of sp³-hybridized carbons (Fsp3) is 0.0588. The first kappa shape index (κ1) is 12.3. The molecule has 4 rings (SSSR count). The highest BCUT2D eigenvalue weighted by Gasteiger charge is 2.09. The van der Waals surface area contributed by atoms with Crippen LogP contribution in [0.15, 0.2) is 54.7 Å². The normalized spacial score (nSPS) is 11.2. The zero-order valence-electron chi connectivity index (χ0n) is 11.2. The van der Waals surface area contributed by atoms with Crippen LogP contribution >= 0.6 is 11.3 Å². The predicted octanol–water partition coefficient (Wildman–Crippen LogP) is 4.11. The number of nitrogens with zero attached hydrogens (tertiary/aromatic N) is 2. The first-order valence-electron chi connectivity index (χ1n) is 6.72. The van der Waals surface area contributed by atoms with E-state index in [9.17, 15) is 4.79 Å². The molecule has 0 spiro atoms. The average molecular weight is 292 g/mol. The second-order valence-corrected chi connectivity index (χ2v) is 6.04. The Morgan fingerprint density at radius 3 is 2.86 bits per heavy atom. The van der Waals surface area contributed by atoms with Crippen LogP contribution < -0.4 is 0 Å². The summed E-state index contributed by atoms with van der Waals surface area (Å²) < 4.78 is 3.29. The van der Waals surface area contributed by atoms with E-state index in [1.807, 2.05) is 48.7 Å². The van der Waals surface area contributed by atoms with E-state index < -0.39 is 0 Å². The van der Waals surface area contributed by atoms with Gasteiger partial charge in [-0.3, -0.25) is 4.79 Å². The summed E-state index contributed by atoms with van der Waals surface area (Å²) in [5.41, 5.74) is 2.73. The number of hydrogen-bond acceptors (Lipinski definition) is 3. The third kappa shape index (κ3) is 2.04. The summed E-state index contributed by atoms with van der Waals surface area (Å²) in [6.45, 7) is 0.688. The molecule has 3 nitrogen and oxygen atoms in total. The van der Waals surface area contributed by atoms with E-state index >= 15 is 0 Å². The van der Waals surface area contributed by atoms with Crippen molar-refractivity contribution in [1.82, 2.24) is 9.55 Å². The van der Waals surface area contributed by atoms with Gasteiger partial charge in [-0.2, -0.15) is 0 Å². The van der Waals surface area contributed by atoms with Crippen LogP contribution in [-0.4, -0.2) is 15.8 Å². The van der Waals surface area contributed by atoms with Gasteiger partial charge < -0.3 is 4.57 Å². The van der Waals surface area contributed by atoms with Crippen LogP contribution in [0.25, 0.3) is 21.1 Å². The zero-order valence-corrected chi connectivity index (χ0v) is 12.0. The first-order valence-corrected chi connectivity index (χ1v) is 7.54. The molecule has 2 heterocycles. The number of aldehydes is 1. The van der Waals surface area contributed by atoms with E-state index in [4.69, 9.17) is 0 Å². The van der Waals surface area contributed by atoms with Gasteiger partial charge >= 0.3 is 0 Å². The Bertz CT molecular complexity index is 919. The van der Waals surface area contributed by atoms with E-state index in [2.05, 4.69) is 15.6 Å². The number of aromatic nitrogens is 2. The highest BCUT2D eigenvalue weighted by molar-refractivity contribution is 7.18. The van der Waals surface area contributed by atoms with Crippen LogP contribution in [0.4, 0.5) is 0 Å². The van der Waals surface area contributed by atoms with Crippen molar-refractivity contribution in [3.05, 3.63) is 65.3 Å². The Balaban J connectivity index is 1.82. The molecule has 0 aliphatic heterocycles. The molecule has 0 aliphatic carbocycles. The zero-order chi connectivity index (χ0) is 14.2. The predicted molar refractivity (Wildman–Crippen MR) is 86.0 cm³/mol. The maximum atomic E-state index is 11.2. The average Bonchev–Trinajstić information content (AvgIpc) is 3.11. The Hall–Kier alpha value is -2.46. The lowest BCUT2D eigenvalue weighted by atomic mass is 10.1. The molecule has 0 unspecified atom stereocenters. The first-order chi connectivity index (χ1) is 10.3. The van der Waals surface area contributed by atoms with Gasteiger partial charge in [-0.1, -0.05) is 24.3 Å². The Kier molecular flexibility index (Phi) is 2.82. The Morgan fingerprint density at radius 1 is 1.10 bits per heavy atom. The summed E-state index contributed by atoms with van der Waals surface area (Å²) in [5.74, 6) is 0. The minimum absolute atomic E-state index is 0.688. The number of thiazole rings is 1. The molecule has 0 bridgehead atoms. The van der Waals surface area contributed by atoms with Gasteiger partial charge in [0.25, 0.3) is 0 Å². The Labute approximate surface area is 125 Å². The smallest absolute Gasteiger partial charge is 0.152 e. The third-order valence-electron chi connectivity index (χ3n) is 3.59. The number of carbonyl (C=O) groups is 1. The van der Waals surface area contributed by atoms with Gasteiger partial charge in [0.2, 0.25) is 0 Å². The summed E-state index contributed by atoms with van der Waals surface area (Å²) >= 11 is 1.70. The molecular weight excluding hydrogens is 280 g/mol. The number of fused-ring (bicyclic) bond motifs is 2. The second kappa shape index (κ2) is 4.82. The van der Waals surface area contributed by atoms with Crippen molar-refractivity contribution in [1.29, 1.82) is 0 Å². The lowest BCUT2D eigenvalue weighted by molar-refractivity contribution is 0.112. The molecule has 21 heavy (non-hydrogen) atoms. The largest absolute Gasteiger partial charge is 0.340 e. The van der Waals surface area contributed by atoms with E-state index in [1.54, 1.807) is 11.3 Å². The van der Waals surface area contributed by atoms with Crippen LogP contribution in [0.3, 0.4) is 0 Å². The van der Waals surface area contributed by atoms with Crippen molar-refractivity contribution in [2.24, 2.45) is 0 Å². The van der Waals surface area contributed by atoms with E-state index in [0.717, 1.165) is 33.3 Å². The topological polar surface area (TPSA) is 34.9 Å². The molecule has 0 saturated heterocycles. The summed E-state index contributed by atoms with van der Waals surface area (Å²) in [5, 5.41) is 2.13. The van der Waals surface area contributed by atoms with E-state index in [1.165, 1.54) is 4.70 Å². The van der Waals surface area contributed by atoms with Gasteiger partial charge in [0, 0.05) is 17.1 Å². The Morgan fingerprint density at radius 2 is 2.00 bits per heavy atom. The summed E-state index contributed by atoms with van der Waals surface area (Å²) in [6, 6.07) is 16.0. The van der Waals surface area contributed by atoms with E-state index in [0.29, 0.717) is 6.54 Å². The maximum absolute atomic E-state index is 11.2. The van der Waals surface area contributed by atoms with Crippen LogP contribution in [-0.2, 0) is 6.54 Å². The SMILES string of the molecule is O=Cc1cccc2ccn(Cc3nc4ccccc4s3)c12. The number of carbonyl (C=O) groups excluding carboxylic acids is 1. The molecule has 0 aliphatic rings. The number of para-hydroxylation sites is 2. The van der Waals surface area contributed by atoms with Gasteiger partial charge in [0.05, 0.1) is 22.3 Å². The molecule has 0 amide bonds.